The number of nitrogens with one attached hydrogen (secondary N) is 1. The summed E-state index contributed by atoms with van der Waals surface area (Å²) in [6.45, 7) is 1.64. The molecule has 0 aliphatic carbocycles. The molecule has 0 saturated carbocycles. The van der Waals surface area contributed by atoms with Crippen LogP contribution in [0.3, 0.4) is 0 Å². The van der Waals surface area contributed by atoms with Crippen molar-refractivity contribution in [1.82, 2.24) is 25.5 Å². The van der Waals surface area contributed by atoms with Gasteiger partial charge < -0.3 is 10.1 Å². The molecule has 0 spiro atoms. The van der Waals surface area contributed by atoms with Crippen molar-refractivity contribution in [2.24, 2.45) is 0 Å². The van der Waals surface area contributed by atoms with Crippen LogP contribution in [0.1, 0.15) is 5.82 Å². The van der Waals surface area contributed by atoms with Gasteiger partial charge in [0, 0.05) is 13.7 Å². The van der Waals surface area contributed by atoms with E-state index in [4.69, 9.17) is 16.3 Å². The summed E-state index contributed by atoms with van der Waals surface area (Å²) in [6.07, 6.45) is 0. The lowest BCUT2D eigenvalue weighted by Gasteiger charge is -2.07. The second-order valence-corrected chi connectivity index (χ2v) is 4.16. The molecule has 2 aromatic rings. The number of hydrogen-bond acceptors (Lipinski definition) is 5. The zero-order valence-corrected chi connectivity index (χ0v) is 11.1. The van der Waals surface area contributed by atoms with Crippen molar-refractivity contribution in [3.8, 4) is 5.69 Å². The molecule has 1 N–H and O–H groups in total. The molecule has 0 atom stereocenters. The zero-order chi connectivity index (χ0) is 13.7. The molecule has 0 saturated heterocycles. The van der Waals surface area contributed by atoms with Crippen LogP contribution < -0.4 is 5.32 Å². The summed E-state index contributed by atoms with van der Waals surface area (Å²) in [6, 6.07) is 4.68. The molecule has 1 aromatic heterocycles. The first-order chi connectivity index (χ1) is 9.24. The first-order valence-electron chi connectivity index (χ1n) is 5.65. The molecule has 0 aliphatic heterocycles. The Balaban J connectivity index is 2.17. The van der Waals surface area contributed by atoms with Gasteiger partial charge in [-0.3, -0.25) is 0 Å². The minimum absolute atomic E-state index is 0.0336. The van der Waals surface area contributed by atoms with Gasteiger partial charge in [0.1, 0.15) is 5.69 Å². The maximum Gasteiger partial charge on any atom is 0.170 e. The molecule has 19 heavy (non-hydrogen) atoms. The van der Waals surface area contributed by atoms with Crippen LogP contribution in [0.4, 0.5) is 4.39 Å². The summed E-state index contributed by atoms with van der Waals surface area (Å²) in [5.41, 5.74) is 0.223. The summed E-state index contributed by atoms with van der Waals surface area (Å²) in [4.78, 5) is 0. The summed E-state index contributed by atoms with van der Waals surface area (Å²) in [5.74, 6) is -0.0492. The second kappa shape index (κ2) is 6.55. The maximum atomic E-state index is 13.9. The highest BCUT2D eigenvalue weighted by Crippen LogP contribution is 2.20. The van der Waals surface area contributed by atoms with Gasteiger partial charge in [-0.05, 0) is 22.6 Å². The molecule has 0 aliphatic rings. The number of tetrazole rings is 1. The van der Waals surface area contributed by atoms with E-state index in [2.05, 4.69) is 20.8 Å². The van der Waals surface area contributed by atoms with Crippen LogP contribution >= 0.6 is 11.6 Å². The van der Waals surface area contributed by atoms with Gasteiger partial charge in [-0.15, -0.1) is 5.10 Å². The smallest absolute Gasteiger partial charge is 0.170 e. The molecule has 0 amide bonds. The van der Waals surface area contributed by atoms with Crippen molar-refractivity contribution < 1.29 is 9.13 Å². The molecule has 0 unspecified atom stereocenters. The van der Waals surface area contributed by atoms with Crippen molar-refractivity contribution in [2.75, 3.05) is 20.3 Å². The van der Waals surface area contributed by atoms with Gasteiger partial charge in [0.2, 0.25) is 0 Å². The summed E-state index contributed by atoms with van der Waals surface area (Å²) < 4.78 is 20.1. The fourth-order valence-corrected chi connectivity index (χ4v) is 1.70. The Morgan fingerprint density at radius 3 is 3.11 bits per heavy atom. The van der Waals surface area contributed by atoms with Crippen molar-refractivity contribution in [2.45, 2.75) is 6.54 Å². The topological polar surface area (TPSA) is 64.9 Å². The molecule has 2 rings (SSSR count). The second-order valence-electron chi connectivity index (χ2n) is 3.75. The van der Waals surface area contributed by atoms with Crippen LogP contribution in [0, 0.1) is 5.82 Å². The standard InChI is InChI=1S/C11H13ClFN5O/c1-19-6-5-14-7-10-15-16-17-18(10)9-4-2-3-8(12)11(9)13/h2-4,14H,5-7H2,1H3. The van der Waals surface area contributed by atoms with Gasteiger partial charge in [-0.1, -0.05) is 17.7 Å². The fraction of sp³-hybridized carbons (Fsp3) is 0.364. The highest BCUT2D eigenvalue weighted by molar-refractivity contribution is 6.30. The first kappa shape index (κ1) is 13.9. The van der Waals surface area contributed by atoms with E-state index in [0.717, 1.165) is 0 Å². The molecular formula is C11H13ClFN5O. The molecule has 1 aromatic carbocycles. The number of rotatable bonds is 6. The number of aromatic nitrogens is 4. The summed E-state index contributed by atoms with van der Waals surface area (Å²) in [7, 11) is 1.62. The largest absolute Gasteiger partial charge is 0.383 e. The minimum atomic E-state index is -0.547. The third-order valence-electron chi connectivity index (χ3n) is 2.46. The highest BCUT2D eigenvalue weighted by Gasteiger charge is 2.13. The van der Waals surface area contributed by atoms with E-state index in [0.29, 0.717) is 25.5 Å². The van der Waals surface area contributed by atoms with E-state index in [-0.39, 0.29) is 10.7 Å². The molecule has 0 radical (unpaired) electrons. The predicted octanol–water partition coefficient (Wildman–Crippen LogP) is 1.19. The first-order valence-corrected chi connectivity index (χ1v) is 6.03. The van der Waals surface area contributed by atoms with Gasteiger partial charge in [-0.2, -0.15) is 4.68 Å². The molecule has 8 heteroatoms. The number of benzene rings is 1. The van der Waals surface area contributed by atoms with E-state index in [9.17, 15) is 4.39 Å². The van der Waals surface area contributed by atoms with Gasteiger partial charge >= 0.3 is 0 Å². The van der Waals surface area contributed by atoms with Crippen LogP contribution in [0.5, 0.6) is 0 Å². The number of nitrogens with zero attached hydrogens (tertiary/aromatic N) is 4. The quantitative estimate of drug-likeness (QED) is 0.808. The van der Waals surface area contributed by atoms with Crippen molar-refractivity contribution in [3.63, 3.8) is 0 Å². The third kappa shape index (κ3) is 3.25. The zero-order valence-electron chi connectivity index (χ0n) is 10.3. The normalized spacial score (nSPS) is 10.9. The number of methoxy groups -OCH3 is 1. The van der Waals surface area contributed by atoms with E-state index >= 15 is 0 Å². The fourth-order valence-electron chi connectivity index (χ4n) is 1.53. The van der Waals surface area contributed by atoms with Gasteiger partial charge in [0.25, 0.3) is 0 Å². The van der Waals surface area contributed by atoms with Crippen LogP contribution in [-0.2, 0) is 11.3 Å². The van der Waals surface area contributed by atoms with Gasteiger partial charge in [-0.25, -0.2) is 4.39 Å². The van der Waals surface area contributed by atoms with Crippen molar-refractivity contribution >= 4 is 11.6 Å². The number of halogens is 2. The number of hydrogen-bond donors (Lipinski definition) is 1. The van der Waals surface area contributed by atoms with E-state index in [1.165, 1.54) is 10.7 Å². The predicted molar refractivity (Wildman–Crippen MR) is 67.7 cm³/mol. The molecule has 0 bridgehead atoms. The van der Waals surface area contributed by atoms with Crippen LogP contribution in [0.2, 0.25) is 5.02 Å². The molecule has 1 heterocycles. The van der Waals surface area contributed by atoms with Crippen LogP contribution in [-0.4, -0.2) is 40.5 Å². The van der Waals surface area contributed by atoms with Crippen molar-refractivity contribution in [3.05, 3.63) is 34.9 Å². The minimum Gasteiger partial charge on any atom is -0.383 e. The van der Waals surface area contributed by atoms with Gasteiger partial charge in [0.15, 0.2) is 11.6 Å². The van der Waals surface area contributed by atoms with Crippen LogP contribution in [0.15, 0.2) is 18.2 Å². The molecule has 6 nitrogen and oxygen atoms in total. The Kier molecular flexibility index (Phi) is 4.78. The summed E-state index contributed by atoms with van der Waals surface area (Å²) >= 11 is 5.74. The SMILES string of the molecule is COCCNCc1nnnn1-c1cccc(Cl)c1F. The lowest BCUT2D eigenvalue weighted by atomic mass is 10.3. The Morgan fingerprint density at radius 1 is 1.47 bits per heavy atom. The maximum absolute atomic E-state index is 13.9. The Labute approximate surface area is 114 Å². The van der Waals surface area contributed by atoms with Crippen molar-refractivity contribution in [1.29, 1.82) is 0 Å². The Morgan fingerprint density at radius 2 is 2.32 bits per heavy atom. The average Bonchev–Trinajstić information content (AvgIpc) is 2.86. The lowest BCUT2D eigenvalue weighted by molar-refractivity contribution is 0.199. The monoisotopic (exact) mass is 285 g/mol. The van der Waals surface area contributed by atoms with E-state index < -0.39 is 5.82 Å². The van der Waals surface area contributed by atoms with Gasteiger partial charge in [0.05, 0.1) is 18.2 Å². The molecular weight excluding hydrogens is 273 g/mol. The third-order valence-corrected chi connectivity index (χ3v) is 2.75. The lowest BCUT2D eigenvalue weighted by Crippen LogP contribution is -2.21. The van der Waals surface area contributed by atoms with E-state index in [1.807, 2.05) is 0 Å². The summed E-state index contributed by atoms with van der Waals surface area (Å²) in [5, 5.41) is 14.3. The Bertz CT molecular complexity index is 548. The molecule has 102 valence electrons. The Hall–Kier alpha value is -1.57. The highest BCUT2D eigenvalue weighted by atomic mass is 35.5. The molecule has 0 fully saturated rings. The average molecular weight is 286 g/mol. The van der Waals surface area contributed by atoms with E-state index in [1.54, 1.807) is 19.2 Å². The van der Waals surface area contributed by atoms with Crippen LogP contribution in [0.25, 0.3) is 5.69 Å². The number of ether oxygens (including phenoxy) is 1.